The van der Waals surface area contributed by atoms with Crippen molar-refractivity contribution >= 4 is 11.3 Å². The normalized spacial score (nSPS) is 19.4. The van der Waals surface area contributed by atoms with Gasteiger partial charge >= 0.3 is 0 Å². The molecule has 1 aliphatic heterocycles. The minimum absolute atomic E-state index is 0.125. The van der Waals surface area contributed by atoms with Crippen molar-refractivity contribution in [1.82, 2.24) is 14.4 Å². The van der Waals surface area contributed by atoms with Gasteiger partial charge in [-0.3, -0.25) is 9.38 Å². The predicted octanol–water partition coefficient (Wildman–Crippen LogP) is 1.47. The number of fused-ring (bicyclic) bond motifs is 3. The summed E-state index contributed by atoms with van der Waals surface area (Å²) in [6.07, 6.45) is 7.52. The molecule has 88 valence electrons. The molecule has 17 heavy (non-hydrogen) atoms. The third-order valence-electron chi connectivity index (χ3n) is 3.22. The second kappa shape index (κ2) is 3.56. The van der Waals surface area contributed by atoms with Gasteiger partial charge in [0.2, 0.25) is 0 Å². The molecule has 1 unspecified atom stereocenters. The monoisotopic (exact) mass is 229 g/mol. The highest BCUT2D eigenvalue weighted by atomic mass is 15.2. The molecule has 2 aromatic rings. The van der Waals surface area contributed by atoms with Crippen LogP contribution in [0.1, 0.15) is 25.6 Å². The van der Waals surface area contributed by atoms with Crippen LogP contribution in [0.2, 0.25) is 0 Å². The van der Waals surface area contributed by atoms with Crippen LogP contribution in [0.25, 0.3) is 5.52 Å². The number of anilines is 1. The maximum atomic E-state index is 6.18. The zero-order valence-corrected chi connectivity index (χ0v) is 9.96. The molecule has 3 heterocycles. The standard InChI is InChI=1S/C12H15N5/c1-3-16-6-8(2)10(13)11-12(16)17-7-14-4-9(17)5-15-11/h4-7,10H,3,13H2,1-2H3. The summed E-state index contributed by atoms with van der Waals surface area (Å²) in [5, 5.41) is 0. The average Bonchev–Trinajstić information content (AvgIpc) is 2.81. The molecule has 0 amide bonds. The van der Waals surface area contributed by atoms with Gasteiger partial charge in [0, 0.05) is 12.7 Å². The van der Waals surface area contributed by atoms with E-state index in [0.29, 0.717) is 0 Å². The smallest absolute Gasteiger partial charge is 0.142 e. The molecule has 0 radical (unpaired) electrons. The van der Waals surface area contributed by atoms with E-state index in [1.165, 1.54) is 0 Å². The third kappa shape index (κ3) is 1.36. The maximum Gasteiger partial charge on any atom is 0.142 e. The van der Waals surface area contributed by atoms with E-state index in [1.807, 2.05) is 17.5 Å². The highest BCUT2D eigenvalue weighted by molar-refractivity contribution is 5.61. The van der Waals surface area contributed by atoms with Crippen molar-refractivity contribution in [3.05, 3.63) is 36.2 Å². The second-order valence-corrected chi connectivity index (χ2v) is 4.29. The van der Waals surface area contributed by atoms with Gasteiger partial charge in [-0.05, 0) is 19.4 Å². The summed E-state index contributed by atoms with van der Waals surface area (Å²) in [6, 6.07) is -0.125. The number of hydrogen-bond donors (Lipinski definition) is 1. The Hall–Kier alpha value is -1.88. The molecule has 0 aromatic carbocycles. The van der Waals surface area contributed by atoms with E-state index < -0.39 is 0 Å². The van der Waals surface area contributed by atoms with Crippen LogP contribution < -0.4 is 10.6 Å². The lowest BCUT2D eigenvalue weighted by molar-refractivity contribution is 0.746. The maximum absolute atomic E-state index is 6.18. The Morgan fingerprint density at radius 1 is 1.41 bits per heavy atom. The van der Waals surface area contributed by atoms with Crippen LogP contribution in [0, 0.1) is 0 Å². The van der Waals surface area contributed by atoms with Crippen molar-refractivity contribution < 1.29 is 0 Å². The fourth-order valence-electron chi connectivity index (χ4n) is 2.24. The van der Waals surface area contributed by atoms with Crippen LogP contribution in [0.5, 0.6) is 0 Å². The summed E-state index contributed by atoms with van der Waals surface area (Å²) < 4.78 is 2.04. The second-order valence-electron chi connectivity index (χ2n) is 4.29. The first-order valence-electron chi connectivity index (χ1n) is 5.74. The van der Waals surface area contributed by atoms with Gasteiger partial charge < -0.3 is 10.6 Å². The zero-order chi connectivity index (χ0) is 12.0. The molecule has 0 saturated carbocycles. The van der Waals surface area contributed by atoms with Crippen molar-refractivity contribution in [3.63, 3.8) is 0 Å². The van der Waals surface area contributed by atoms with E-state index in [0.717, 1.165) is 29.1 Å². The van der Waals surface area contributed by atoms with E-state index >= 15 is 0 Å². The molecule has 0 aliphatic carbocycles. The van der Waals surface area contributed by atoms with Crippen LogP contribution in [-0.4, -0.2) is 20.9 Å². The van der Waals surface area contributed by atoms with E-state index in [2.05, 4.69) is 28.0 Å². The number of nitrogens with two attached hydrogens (primary N) is 1. The average molecular weight is 229 g/mol. The molecule has 1 atom stereocenters. The Balaban J connectivity index is 2.32. The Kier molecular flexibility index (Phi) is 2.16. The van der Waals surface area contributed by atoms with Gasteiger partial charge in [-0.15, -0.1) is 0 Å². The first kappa shape index (κ1) is 10.3. The van der Waals surface area contributed by atoms with E-state index in [9.17, 15) is 0 Å². The zero-order valence-electron chi connectivity index (χ0n) is 9.96. The molecule has 0 bridgehead atoms. The summed E-state index contributed by atoms with van der Waals surface area (Å²) in [4.78, 5) is 10.8. The Labute approximate surface area is 99.6 Å². The van der Waals surface area contributed by atoms with Crippen molar-refractivity contribution in [3.8, 4) is 0 Å². The third-order valence-corrected chi connectivity index (χ3v) is 3.22. The first-order chi connectivity index (χ1) is 8.22. The van der Waals surface area contributed by atoms with Gasteiger partial charge in [-0.2, -0.15) is 0 Å². The molecule has 0 fully saturated rings. The molecule has 5 heteroatoms. The van der Waals surface area contributed by atoms with Gasteiger partial charge in [0.05, 0.1) is 24.0 Å². The fraction of sp³-hybridized carbons (Fsp3) is 0.333. The van der Waals surface area contributed by atoms with Crippen molar-refractivity contribution in [2.45, 2.75) is 19.9 Å². The van der Waals surface area contributed by atoms with Gasteiger partial charge in [-0.25, -0.2) is 4.98 Å². The molecule has 2 aromatic heterocycles. The first-order valence-corrected chi connectivity index (χ1v) is 5.74. The highest BCUT2D eigenvalue weighted by Crippen LogP contribution is 2.33. The molecule has 0 saturated heterocycles. The van der Waals surface area contributed by atoms with Crippen LogP contribution in [0.3, 0.4) is 0 Å². The Morgan fingerprint density at radius 2 is 2.24 bits per heavy atom. The summed E-state index contributed by atoms with van der Waals surface area (Å²) in [5.41, 5.74) is 9.21. The van der Waals surface area contributed by atoms with E-state index in [-0.39, 0.29) is 6.04 Å². The Bertz CT molecular complexity index is 598. The number of nitrogens with zero attached hydrogens (tertiary/aromatic N) is 4. The van der Waals surface area contributed by atoms with E-state index in [1.54, 1.807) is 12.5 Å². The van der Waals surface area contributed by atoms with Gasteiger partial charge in [-0.1, -0.05) is 0 Å². The lowest BCUT2D eigenvalue weighted by Crippen LogP contribution is -2.29. The van der Waals surface area contributed by atoms with Crippen molar-refractivity contribution in [1.29, 1.82) is 0 Å². The molecular formula is C12H15N5. The summed E-state index contributed by atoms with van der Waals surface area (Å²) in [5.74, 6) is 1.03. The Morgan fingerprint density at radius 3 is 3.00 bits per heavy atom. The topological polar surface area (TPSA) is 59.5 Å². The van der Waals surface area contributed by atoms with Crippen LogP contribution >= 0.6 is 0 Å². The van der Waals surface area contributed by atoms with Crippen LogP contribution in [0.15, 0.2) is 30.5 Å². The number of rotatable bonds is 1. The molecule has 0 spiro atoms. The minimum atomic E-state index is -0.125. The SMILES string of the molecule is CCN1C=C(C)C(N)c2ncc3cncn3c21. The lowest BCUT2D eigenvalue weighted by atomic mass is 10.0. The summed E-state index contributed by atoms with van der Waals surface area (Å²) in [6.45, 7) is 5.03. The molecular weight excluding hydrogens is 214 g/mol. The largest absolute Gasteiger partial charge is 0.333 e. The number of imidazole rings is 1. The molecule has 5 nitrogen and oxygen atoms in total. The van der Waals surface area contributed by atoms with Crippen molar-refractivity contribution in [2.75, 3.05) is 11.4 Å². The highest BCUT2D eigenvalue weighted by Gasteiger charge is 2.25. The lowest BCUT2D eigenvalue weighted by Gasteiger charge is -2.30. The number of aromatic nitrogens is 3. The van der Waals surface area contributed by atoms with Gasteiger partial charge in [0.15, 0.2) is 0 Å². The quantitative estimate of drug-likeness (QED) is 0.804. The fourth-order valence-corrected chi connectivity index (χ4v) is 2.24. The van der Waals surface area contributed by atoms with Crippen molar-refractivity contribution in [2.24, 2.45) is 5.73 Å². The van der Waals surface area contributed by atoms with Gasteiger partial charge in [0.1, 0.15) is 17.8 Å². The summed E-state index contributed by atoms with van der Waals surface area (Å²) >= 11 is 0. The molecule has 3 rings (SSSR count). The van der Waals surface area contributed by atoms with E-state index in [4.69, 9.17) is 5.73 Å². The number of hydrogen-bond acceptors (Lipinski definition) is 4. The van der Waals surface area contributed by atoms with Gasteiger partial charge in [0.25, 0.3) is 0 Å². The molecule has 1 aliphatic rings. The predicted molar refractivity (Wildman–Crippen MR) is 66.7 cm³/mol. The van der Waals surface area contributed by atoms with Crippen LogP contribution in [0.4, 0.5) is 5.82 Å². The molecule has 2 N–H and O–H groups in total. The summed E-state index contributed by atoms with van der Waals surface area (Å²) in [7, 11) is 0. The van der Waals surface area contributed by atoms with Crippen LogP contribution in [-0.2, 0) is 0 Å². The minimum Gasteiger partial charge on any atom is -0.333 e.